The fourth-order valence-corrected chi connectivity index (χ4v) is 1.93. The number of aromatic nitrogens is 3. The number of ether oxygens (including phenoxy) is 1. The summed E-state index contributed by atoms with van der Waals surface area (Å²) in [7, 11) is 3.63. The summed E-state index contributed by atoms with van der Waals surface area (Å²) < 4.78 is 4.99. The van der Waals surface area contributed by atoms with Crippen LogP contribution in [0.1, 0.15) is 6.92 Å². The average Bonchev–Trinajstić information content (AvgIpc) is 2.32. The topological polar surface area (TPSA) is 54.4 Å². The van der Waals surface area contributed by atoms with Crippen molar-refractivity contribution in [2.45, 2.75) is 13.0 Å². The van der Waals surface area contributed by atoms with Gasteiger partial charge < -0.3 is 14.5 Å². The van der Waals surface area contributed by atoms with Gasteiger partial charge in [-0.15, -0.1) is 0 Å². The highest BCUT2D eigenvalue weighted by atomic mass is 35.5. The fourth-order valence-electron chi connectivity index (χ4n) is 1.78. The van der Waals surface area contributed by atoms with Gasteiger partial charge in [0.2, 0.25) is 11.2 Å². The molecule has 6 nitrogen and oxygen atoms in total. The van der Waals surface area contributed by atoms with Crippen LogP contribution in [0.5, 0.6) is 6.01 Å². The third-order valence-corrected chi connectivity index (χ3v) is 3.17. The van der Waals surface area contributed by atoms with Gasteiger partial charge in [0, 0.05) is 25.7 Å². The number of halogens is 1. The van der Waals surface area contributed by atoms with Gasteiger partial charge in [-0.1, -0.05) is 0 Å². The van der Waals surface area contributed by atoms with Crippen LogP contribution < -0.4 is 9.64 Å². The molecule has 1 aliphatic heterocycles. The summed E-state index contributed by atoms with van der Waals surface area (Å²) in [5, 5.41) is 0.165. The van der Waals surface area contributed by atoms with Crippen LogP contribution in [0, 0.1) is 0 Å². The van der Waals surface area contributed by atoms with Gasteiger partial charge >= 0.3 is 6.01 Å². The molecule has 0 spiro atoms. The summed E-state index contributed by atoms with van der Waals surface area (Å²) in [6.45, 7) is 4.91. The van der Waals surface area contributed by atoms with E-state index in [0.717, 1.165) is 19.6 Å². The fraction of sp³-hybridized carbons (Fsp3) is 0.700. The zero-order valence-corrected chi connectivity index (χ0v) is 11.0. The summed E-state index contributed by atoms with van der Waals surface area (Å²) in [5.41, 5.74) is 0. The Morgan fingerprint density at radius 1 is 1.29 bits per heavy atom. The Bertz CT molecular complexity index is 402. The van der Waals surface area contributed by atoms with Crippen molar-refractivity contribution in [1.82, 2.24) is 19.9 Å². The van der Waals surface area contributed by atoms with Crippen molar-refractivity contribution in [1.29, 1.82) is 0 Å². The summed E-state index contributed by atoms with van der Waals surface area (Å²) in [6, 6.07) is 0.719. The lowest BCUT2D eigenvalue weighted by Crippen LogP contribution is -2.50. The smallest absolute Gasteiger partial charge is 0.322 e. The zero-order valence-electron chi connectivity index (χ0n) is 10.2. The van der Waals surface area contributed by atoms with E-state index in [-0.39, 0.29) is 11.3 Å². The van der Waals surface area contributed by atoms with Crippen LogP contribution in [0.2, 0.25) is 5.28 Å². The first-order chi connectivity index (χ1) is 8.10. The van der Waals surface area contributed by atoms with E-state index < -0.39 is 0 Å². The molecule has 0 saturated carbocycles. The van der Waals surface area contributed by atoms with Gasteiger partial charge in [0.25, 0.3) is 0 Å². The molecule has 0 N–H and O–H groups in total. The first kappa shape index (κ1) is 12.3. The summed E-state index contributed by atoms with van der Waals surface area (Å²) >= 11 is 5.83. The Balaban J connectivity index is 2.19. The van der Waals surface area contributed by atoms with Gasteiger partial charge in [-0.2, -0.15) is 15.0 Å². The largest absolute Gasteiger partial charge is 0.467 e. The first-order valence-corrected chi connectivity index (χ1v) is 5.88. The van der Waals surface area contributed by atoms with Crippen LogP contribution in [0.15, 0.2) is 0 Å². The number of piperazine rings is 1. The molecule has 0 aliphatic carbocycles. The normalized spacial score (nSPS) is 21.6. The standard InChI is InChI=1S/C10H16ClN5O/c1-7-6-16(5-4-15(7)2)9-12-8(11)13-10(14-9)17-3/h7H,4-6H2,1-3H3. The lowest BCUT2D eigenvalue weighted by molar-refractivity contribution is 0.232. The minimum atomic E-state index is 0.165. The van der Waals surface area contributed by atoms with Crippen molar-refractivity contribution in [3.05, 3.63) is 5.28 Å². The third kappa shape index (κ3) is 2.76. The van der Waals surface area contributed by atoms with E-state index >= 15 is 0 Å². The Morgan fingerprint density at radius 2 is 2.06 bits per heavy atom. The second kappa shape index (κ2) is 5.01. The lowest BCUT2D eigenvalue weighted by atomic mass is 10.2. The van der Waals surface area contributed by atoms with E-state index in [0.29, 0.717) is 12.0 Å². The molecule has 0 aromatic carbocycles. The molecule has 1 aromatic heterocycles. The van der Waals surface area contributed by atoms with Crippen molar-refractivity contribution < 1.29 is 4.74 Å². The molecule has 0 bridgehead atoms. The minimum absolute atomic E-state index is 0.165. The number of anilines is 1. The molecule has 1 aliphatic rings. The molecular formula is C10H16ClN5O. The van der Waals surface area contributed by atoms with E-state index in [4.69, 9.17) is 16.3 Å². The van der Waals surface area contributed by atoms with Crippen LogP contribution in [0.25, 0.3) is 0 Å². The first-order valence-electron chi connectivity index (χ1n) is 5.51. The second-order valence-electron chi connectivity index (χ2n) is 4.17. The van der Waals surface area contributed by atoms with Crippen molar-refractivity contribution in [2.24, 2.45) is 0 Å². The molecule has 7 heteroatoms. The van der Waals surface area contributed by atoms with Crippen LogP contribution in [-0.4, -0.2) is 59.7 Å². The summed E-state index contributed by atoms with van der Waals surface area (Å²) in [4.78, 5) is 16.6. The highest BCUT2D eigenvalue weighted by Gasteiger charge is 2.23. The number of methoxy groups -OCH3 is 1. The van der Waals surface area contributed by atoms with Gasteiger partial charge in [0.05, 0.1) is 7.11 Å². The Morgan fingerprint density at radius 3 is 2.71 bits per heavy atom. The summed E-state index contributed by atoms with van der Waals surface area (Å²) in [6.07, 6.45) is 0. The molecule has 2 heterocycles. The Labute approximate surface area is 106 Å². The monoisotopic (exact) mass is 257 g/mol. The number of hydrogen-bond donors (Lipinski definition) is 0. The SMILES string of the molecule is COc1nc(Cl)nc(N2CCN(C)C(C)C2)n1. The average molecular weight is 258 g/mol. The molecule has 0 amide bonds. The Hall–Kier alpha value is -1.14. The maximum absolute atomic E-state index is 5.83. The van der Waals surface area contributed by atoms with E-state index in [1.54, 1.807) is 0 Å². The number of hydrogen-bond acceptors (Lipinski definition) is 6. The van der Waals surface area contributed by atoms with E-state index in [1.165, 1.54) is 7.11 Å². The molecular weight excluding hydrogens is 242 g/mol. The number of rotatable bonds is 2. The predicted molar refractivity (Wildman–Crippen MR) is 65.7 cm³/mol. The number of nitrogens with zero attached hydrogens (tertiary/aromatic N) is 5. The van der Waals surface area contributed by atoms with Crippen LogP contribution in [0.3, 0.4) is 0 Å². The van der Waals surface area contributed by atoms with Crippen LogP contribution in [0.4, 0.5) is 5.95 Å². The highest BCUT2D eigenvalue weighted by molar-refractivity contribution is 6.28. The molecule has 1 fully saturated rings. The predicted octanol–water partition coefficient (Wildman–Crippen LogP) is 0.674. The van der Waals surface area contributed by atoms with Crippen molar-refractivity contribution in [2.75, 3.05) is 38.7 Å². The molecule has 1 atom stereocenters. The van der Waals surface area contributed by atoms with Gasteiger partial charge in [0.15, 0.2) is 0 Å². The molecule has 2 rings (SSSR count). The quantitative estimate of drug-likeness (QED) is 0.777. The van der Waals surface area contributed by atoms with E-state index in [9.17, 15) is 0 Å². The lowest BCUT2D eigenvalue weighted by Gasteiger charge is -2.37. The van der Waals surface area contributed by atoms with Crippen LogP contribution in [-0.2, 0) is 0 Å². The van der Waals surface area contributed by atoms with Crippen LogP contribution >= 0.6 is 11.6 Å². The minimum Gasteiger partial charge on any atom is -0.467 e. The molecule has 1 saturated heterocycles. The van der Waals surface area contributed by atoms with E-state index in [1.807, 2.05) is 0 Å². The van der Waals surface area contributed by atoms with Crippen molar-refractivity contribution >= 4 is 17.5 Å². The van der Waals surface area contributed by atoms with Gasteiger partial charge in [-0.05, 0) is 25.6 Å². The van der Waals surface area contributed by atoms with Crippen molar-refractivity contribution in [3.63, 3.8) is 0 Å². The second-order valence-corrected chi connectivity index (χ2v) is 4.50. The van der Waals surface area contributed by atoms with Gasteiger partial charge in [0.1, 0.15) is 0 Å². The van der Waals surface area contributed by atoms with Gasteiger partial charge in [-0.3, -0.25) is 0 Å². The maximum atomic E-state index is 5.83. The molecule has 1 aromatic rings. The Kier molecular flexibility index (Phi) is 3.63. The molecule has 17 heavy (non-hydrogen) atoms. The van der Waals surface area contributed by atoms with Crippen molar-refractivity contribution in [3.8, 4) is 6.01 Å². The molecule has 1 unspecified atom stereocenters. The number of likely N-dealkylation sites (N-methyl/N-ethyl adjacent to an activating group) is 1. The third-order valence-electron chi connectivity index (χ3n) is 3.00. The van der Waals surface area contributed by atoms with Gasteiger partial charge in [-0.25, -0.2) is 0 Å². The van der Waals surface area contributed by atoms with E-state index in [2.05, 4.69) is 38.7 Å². The molecule has 0 radical (unpaired) electrons. The highest BCUT2D eigenvalue weighted by Crippen LogP contribution is 2.18. The molecule has 94 valence electrons. The summed E-state index contributed by atoms with van der Waals surface area (Å²) in [5.74, 6) is 0.585. The maximum Gasteiger partial charge on any atom is 0.322 e. The zero-order chi connectivity index (χ0) is 12.4.